The van der Waals surface area contributed by atoms with Crippen molar-refractivity contribution in [3.63, 3.8) is 0 Å². The van der Waals surface area contributed by atoms with E-state index in [2.05, 4.69) is 223 Å². The summed E-state index contributed by atoms with van der Waals surface area (Å²) in [4.78, 5) is 8.25. The molecule has 5 heterocycles. The van der Waals surface area contributed by atoms with E-state index in [1.165, 1.54) is 83.9 Å². The van der Waals surface area contributed by atoms with Gasteiger partial charge in [-0.3, -0.25) is 0 Å². The van der Waals surface area contributed by atoms with Crippen LogP contribution in [0.3, 0.4) is 0 Å². The van der Waals surface area contributed by atoms with Crippen molar-refractivity contribution in [3.8, 4) is 33.4 Å². The van der Waals surface area contributed by atoms with Crippen molar-refractivity contribution in [2.24, 2.45) is 0 Å². The van der Waals surface area contributed by atoms with Crippen molar-refractivity contribution < 1.29 is 0 Å². The molecular weight excluding hydrogens is 822 g/mol. The van der Waals surface area contributed by atoms with Crippen molar-refractivity contribution in [2.75, 3.05) is 14.7 Å². The fourth-order valence-corrected chi connectivity index (χ4v) is 22.7. The van der Waals surface area contributed by atoms with Crippen LogP contribution in [0.15, 0.2) is 127 Å². The summed E-state index contributed by atoms with van der Waals surface area (Å²) in [6.45, 7) is 29.9. The van der Waals surface area contributed by atoms with E-state index >= 15 is 0 Å². The maximum atomic E-state index is 2.78. The highest BCUT2D eigenvalue weighted by molar-refractivity contribution is 7.06. The first-order chi connectivity index (χ1) is 30.6. The highest BCUT2D eigenvalue weighted by Crippen LogP contribution is 2.50. The quantitative estimate of drug-likeness (QED) is 0.160. The Morgan fingerprint density at radius 1 is 0.438 bits per heavy atom. The molecule has 0 saturated heterocycles. The van der Waals surface area contributed by atoms with Crippen LogP contribution in [0.25, 0.3) is 33.4 Å². The van der Waals surface area contributed by atoms with Gasteiger partial charge in [0.1, 0.15) is 24.2 Å². The summed E-state index contributed by atoms with van der Waals surface area (Å²) in [6.07, 6.45) is 0. The molecule has 0 unspecified atom stereocenters. The highest BCUT2D eigenvalue weighted by atomic mass is 28.3. The van der Waals surface area contributed by atoms with E-state index in [4.69, 9.17) is 0 Å². The third kappa shape index (κ3) is 4.98. The van der Waals surface area contributed by atoms with Gasteiger partial charge in [0, 0.05) is 68.9 Å². The second kappa shape index (κ2) is 13.4. The lowest BCUT2D eigenvalue weighted by Crippen LogP contribution is -2.64. The molecule has 7 aromatic rings. The third-order valence-corrected chi connectivity index (χ3v) is 26.8. The summed E-state index contributed by atoms with van der Waals surface area (Å²) in [5.41, 5.74) is 21.2. The summed E-state index contributed by atoms with van der Waals surface area (Å²) in [5.74, 6) is 0. The molecule has 12 rings (SSSR count). The van der Waals surface area contributed by atoms with Crippen LogP contribution in [0.1, 0.15) is 41.5 Å². The molecule has 5 aliphatic heterocycles. The lowest BCUT2D eigenvalue weighted by Gasteiger charge is -2.48. The SMILES string of the molecule is CC(C)N(c1cc2c3c(c1)N(C(C)C)c1c(ccc4c1-c1ccccc1[Si]4(C)C)B3c1ccc3c(c1N2C(C)C)-c1ccccc1[Si]3(C)C)c1cccc2c1-c1ccccc1[Si]2(C)C. The molecule has 0 atom stereocenters. The average Bonchev–Trinajstić information content (AvgIpc) is 3.76. The van der Waals surface area contributed by atoms with Crippen molar-refractivity contribution in [1.29, 1.82) is 0 Å². The molecule has 0 bridgehead atoms. The van der Waals surface area contributed by atoms with Gasteiger partial charge in [0.15, 0.2) is 0 Å². The van der Waals surface area contributed by atoms with E-state index in [9.17, 15) is 0 Å². The maximum absolute atomic E-state index is 2.78. The zero-order valence-corrected chi connectivity index (χ0v) is 42.8. The lowest BCUT2D eigenvalue weighted by atomic mass is 9.33. The molecule has 7 heteroatoms. The maximum Gasteiger partial charge on any atom is 0.252 e. The average molecular weight is 882 g/mol. The molecule has 0 aromatic heterocycles. The zero-order valence-electron chi connectivity index (χ0n) is 39.8. The van der Waals surface area contributed by atoms with Crippen molar-refractivity contribution >= 4 is 113 Å². The molecule has 0 fully saturated rings. The molecule has 0 N–H and O–H groups in total. The molecule has 318 valence electrons. The van der Waals surface area contributed by atoms with Crippen molar-refractivity contribution in [1.82, 2.24) is 0 Å². The Balaban J connectivity index is 1.21. The number of hydrogen-bond donors (Lipinski definition) is 0. The number of benzene rings is 7. The van der Waals surface area contributed by atoms with Crippen molar-refractivity contribution in [3.05, 3.63) is 127 Å². The summed E-state index contributed by atoms with van der Waals surface area (Å²) in [6, 6.07) is 51.4. The van der Waals surface area contributed by atoms with Gasteiger partial charge in [0.2, 0.25) is 0 Å². The van der Waals surface area contributed by atoms with Gasteiger partial charge in [-0.1, -0.05) is 148 Å². The van der Waals surface area contributed by atoms with Gasteiger partial charge in [0.25, 0.3) is 6.71 Å². The van der Waals surface area contributed by atoms with E-state index < -0.39 is 24.2 Å². The fourth-order valence-electron chi connectivity index (χ4n) is 13.5. The minimum absolute atomic E-state index is 0.0897. The van der Waals surface area contributed by atoms with Gasteiger partial charge < -0.3 is 14.7 Å². The van der Waals surface area contributed by atoms with E-state index in [-0.39, 0.29) is 24.8 Å². The van der Waals surface area contributed by atoms with Crippen LogP contribution in [-0.4, -0.2) is 49.1 Å². The number of fused-ring (bicyclic) bond motifs is 15. The fraction of sp³-hybridized carbons (Fsp3) is 0.263. The van der Waals surface area contributed by atoms with E-state index in [0.717, 1.165) is 0 Å². The minimum Gasteiger partial charge on any atom is -0.339 e. The van der Waals surface area contributed by atoms with E-state index in [1.54, 1.807) is 31.1 Å². The molecule has 0 saturated carbocycles. The van der Waals surface area contributed by atoms with Gasteiger partial charge in [-0.2, -0.15) is 0 Å². The first-order valence-electron chi connectivity index (χ1n) is 23.9. The smallest absolute Gasteiger partial charge is 0.252 e. The van der Waals surface area contributed by atoms with Crippen LogP contribution in [0, 0.1) is 0 Å². The van der Waals surface area contributed by atoms with Crippen LogP contribution in [0.4, 0.5) is 34.1 Å². The molecule has 7 aromatic carbocycles. The molecule has 0 radical (unpaired) electrons. The number of nitrogens with zero attached hydrogens (tertiary/aromatic N) is 3. The molecule has 0 spiro atoms. The predicted molar refractivity (Wildman–Crippen MR) is 289 cm³/mol. The zero-order chi connectivity index (χ0) is 44.5. The van der Waals surface area contributed by atoms with Gasteiger partial charge in [0.05, 0.1) is 0 Å². The number of hydrogen-bond acceptors (Lipinski definition) is 3. The second-order valence-electron chi connectivity index (χ2n) is 21.8. The summed E-state index contributed by atoms with van der Waals surface area (Å²) in [7, 11) is -5.84. The van der Waals surface area contributed by atoms with Gasteiger partial charge in [-0.15, -0.1) is 0 Å². The van der Waals surface area contributed by atoms with Crippen LogP contribution in [0.5, 0.6) is 0 Å². The molecule has 0 amide bonds. The van der Waals surface area contributed by atoms with Gasteiger partial charge in [-0.25, -0.2) is 0 Å². The van der Waals surface area contributed by atoms with E-state index in [1.807, 2.05) is 0 Å². The second-order valence-corrected chi connectivity index (χ2v) is 34.8. The third-order valence-electron chi connectivity index (χ3n) is 16.2. The molecular formula is C57H60BN3Si3. The van der Waals surface area contributed by atoms with E-state index in [0.29, 0.717) is 0 Å². The molecule has 5 aliphatic rings. The minimum atomic E-state index is -1.97. The van der Waals surface area contributed by atoms with Crippen LogP contribution in [0.2, 0.25) is 39.3 Å². The van der Waals surface area contributed by atoms with Gasteiger partial charge >= 0.3 is 0 Å². The summed E-state index contributed by atoms with van der Waals surface area (Å²) < 4.78 is 0. The monoisotopic (exact) mass is 881 g/mol. The van der Waals surface area contributed by atoms with Gasteiger partial charge in [-0.05, 0) is 124 Å². The van der Waals surface area contributed by atoms with Crippen molar-refractivity contribution in [2.45, 2.75) is 99.0 Å². The number of rotatable bonds is 5. The molecule has 0 aliphatic carbocycles. The first kappa shape index (κ1) is 40.2. The summed E-state index contributed by atoms with van der Waals surface area (Å²) in [5, 5.41) is 9.37. The van der Waals surface area contributed by atoms with Crippen LogP contribution >= 0.6 is 0 Å². The highest BCUT2D eigenvalue weighted by Gasteiger charge is 2.51. The Bertz CT molecular complexity index is 3030. The normalized spacial score (nSPS) is 16.8. The first-order valence-corrected chi connectivity index (χ1v) is 32.9. The molecule has 3 nitrogen and oxygen atoms in total. The Morgan fingerprint density at radius 3 is 1.25 bits per heavy atom. The Hall–Kier alpha value is -5.34. The molecule has 64 heavy (non-hydrogen) atoms. The topological polar surface area (TPSA) is 9.72 Å². The Labute approximate surface area is 384 Å². The predicted octanol–water partition coefficient (Wildman–Crippen LogP) is 8.88. The number of anilines is 6. The largest absolute Gasteiger partial charge is 0.339 e. The Morgan fingerprint density at radius 2 is 0.828 bits per heavy atom. The summed E-state index contributed by atoms with van der Waals surface area (Å²) >= 11 is 0. The standard InChI is InChI=1S/C57H60BN3Si3/c1-34(2)59(43-23-19-27-49-52(43)38-20-13-16-24-46(38)62(49,7)8)37-32-44-55-45(33-37)61(36(5)6)57-42(29-31-51-54(57)40-22-15-18-26-48(40)64(51,11)12)58(55)41-28-30-50-53(56(41)60(44)35(3)4)39-21-14-17-25-47(39)63(50,9)10/h13-36H,1-12H3. The van der Waals surface area contributed by atoms with Crippen LogP contribution < -0.4 is 62.2 Å². The lowest BCUT2D eigenvalue weighted by molar-refractivity contribution is 0.773. The van der Waals surface area contributed by atoms with Crippen LogP contribution in [-0.2, 0) is 0 Å². The Kier molecular flexibility index (Phi) is 8.39.